The molecule has 0 bridgehead atoms. The van der Waals surface area contributed by atoms with Gasteiger partial charge in [0.05, 0.1) is 6.10 Å². The minimum absolute atomic E-state index is 0.0687. The van der Waals surface area contributed by atoms with Gasteiger partial charge in [0.2, 0.25) is 0 Å². The van der Waals surface area contributed by atoms with Crippen molar-refractivity contribution in [3.05, 3.63) is 35.1 Å². The molecule has 1 aliphatic heterocycles. The summed E-state index contributed by atoms with van der Waals surface area (Å²) in [5.41, 5.74) is 7.94. The molecule has 100 valence electrons. The highest BCUT2D eigenvalue weighted by Gasteiger charge is 2.16. The standard InChI is InChI=1S/C15H22FNO/c1-11-8-12(10-13(16)9-11)15(17)6-2-4-14-5-3-7-18-14/h8-10,14-15H,2-7,17H2,1H3. The molecular weight excluding hydrogens is 229 g/mol. The van der Waals surface area contributed by atoms with Crippen molar-refractivity contribution in [2.24, 2.45) is 5.73 Å². The number of benzene rings is 1. The van der Waals surface area contributed by atoms with Crippen molar-refractivity contribution in [2.75, 3.05) is 6.61 Å². The molecule has 1 aliphatic rings. The highest BCUT2D eigenvalue weighted by Crippen LogP contribution is 2.23. The Morgan fingerprint density at radius 1 is 1.44 bits per heavy atom. The molecule has 0 saturated carbocycles. The van der Waals surface area contributed by atoms with Crippen LogP contribution < -0.4 is 5.73 Å². The Hall–Kier alpha value is -0.930. The summed E-state index contributed by atoms with van der Waals surface area (Å²) in [5.74, 6) is -0.195. The zero-order valence-corrected chi connectivity index (χ0v) is 11.0. The summed E-state index contributed by atoms with van der Waals surface area (Å²) < 4.78 is 18.9. The highest BCUT2D eigenvalue weighted by atomic mass is 19.1. The Morgan fingerprint density at radius 3 is 2.94 bits per heavy atom. The van der Waals surface area contributed by atoms with Gasteiger partial charge in [0, 0.05) is 12.6 Å². The van der Waals surface area contributed by atoms with Crippen molar-refractivity contribution in [1.29, 1.82) is 0 Å². The van der Waals surface area contributed by atoms with Crippen LogP contribution in [0.1, 0.15) is 49.3 Å². The smallest absolute Gasteiger partial charge is 0.123 e. The third-order valence-electron chi connectivity index (χ3n) is 3.56. The Labute approximate surface area is 108 Å². The molecule has 1 aromatic rings. The number of halogens is 1. The predicted octanol–water partition coefficient (Wildman–Crippen LogP) is 3.48. The van der Waals surface area contributed by atoms with Crippen molar-refractivity contribution in [1.82, 2.24) is 0 Å². The molecule has 2 N–H and O–H groups in total. The van der Waals surface area contributed by atoms with E-state index in [0.29, 0.717) is 6.10 Å². The molecule has 3 heteroatoms. The molecule has 1 aromatic carbocycles. The van der Waals surface area contributed by atoms with Crippen molar-refractivity contribution < 1.29 is 9.13 Å². The van der Waals surface area contributed by atoms with Crippen LogP contribution >= 0.6 is 0 Å². The minimum atomic E-state index is -0.195. The normalized spacial score (nSPS) is 21.2. The van der Waals surface area contributed by atoms with Crippen LogP contribution in [-0.2, 0) is 4.74 Å². The van der Waals surface area contributed by atoms with E-state index in [2.05, 4.69) is 0 Å². The second kappa shape index (κ2) is 6.30. The van der Waals surface area contributed by atoms with Gasteiger partial charge in [0.25, 0.3) is 0 Å². The largest absolute Gasteiger partial charge is 0.378 e. The molecular formula is C15H22FNO. The molecule has 2 rings (SSSR count). The van der Waals surface area contributed by atoms with E-state index in [1.54, 1.807) is 6.07 Å². The lowest BCUT2D eigenvalue weighted by Crippen LogP contribution is -2.12. The van der Waals surface area contributed by atoms with E-state index < -0.39 is 0 Å². The van der Waals surface area contributed by atoms with Gasteiger partial charge in [-0.05, 0) is 62.3 Å². The number of ether oxygens (including phenoxy) is 1. The number of aryl methyl sites for hydroxylation is 1. The van der Waals surface area contributed by atoms with Gasteiger partial charge in [-0.1, -0.05) is 6.07 Å². The Morgan fingerprint density at radius 2 is 2.28 bits per heavy atom. The van der Waals surface area contributed by atoms with Gasteiger partial charge in [0.15, 0.2) is 0 Å². The third-order valence-corrected chi connectivity index (χ3v) is 3.56. The van der Waals surface area contributed by atoms with Gasteiger partial charge < -0.3 is 10.5 Å². The zero-order chi connectivity index (χ0) is 13.0. The van der Waals surface area contributed by atoms with Gasteiger partial charge in [-0.2, -0.15) is 0 Å². The van der Waals surface area contributed by atoms with E-state index in [0.717, 1.165) is 37.0 Å². The predicted molar refractivity (Wildman–Crippen MR) is 70.9 cm³/mol. The molecule has 1 saturated heterocycles. The lowest BCUT2D eigenvalue weighted by atomic mass is 9.98. The number of nitrogens with two attached hydrogens (primary N) is 1. The molecule has 0 spiro atoms. The second-order valence-corrected chi connectivity index (χ2v) is 5.23. The van der Waals surface area contributed by atoms with Crippen molar-refractivity contribution in [3.8, 4) is 0 Å². The Bertz CT molecular complexity index is 368. The van der Waals surface area contributed by atoms with Crippen molar-refractivity contribution >= 4 is 0 Å². The maximum absolute atomic E-state index is 13.3. The minimum Gasteiger partial charge on any atom is -0.378 e. The summed E-state index contributed by atoms with van der Waals surface area (Å²) in [4.78, 5) is 0. The van der Waals surface area contributed by atoms with E-state index >= 15 is 0 Å². The lowest BCUT2D eigenvalue weighted by molar-refractivity contribution is 0.101. The molecule has 0 aliphatic carbocycles. The SMILES string of the molecule is Cc1cc(F)cc(C(N)CCCC2CCCO2)c1. The van der Waals surface area contributed by atoms with Crippen LogP contribution in [0.15, 0.2) is 18.2 Å². The molecule has 1 heterocycles. The fourth-order valence-electron chi connectivity index (χ4n) is 2.58. The van der Waals surface area contributed by atoms with Crippen LogP contribution in [0.4, 0.5) is 4.39 Å². The Kier molecular flexibility index (Phi) is 4.72. The number of hydrogen-bond acceptors (Lipinski definition) is 2. The first-order chi connectivity index (χ1) is 8.65. The molecule has 18 heavy (non-hydrogen) atoms. The first-order valence-corrected chi connectivity index (χ1v) is 6.79. The molecule has 1 fully saturated rings. The van der Waals surface area contributed by atoms with E-state index in [9.17, 15) is 4.39 Å². The lowest BCUT2D eigenvalue weighted by Gasteiger charge is -2.14. The van der Waals surface area contributed by atoms with Crippen LogP contribution in [0.2, 0.25) is 0 Å². The first kappa shape index (κ1) is 13.5. The fourth-order valence-corrected chi connectivity index (χ4v) is 2.58. The summed E-state index contributed by atoms with van der Waals surface area (Å²) in [6.45, 7) is 2.80. The molecule has 0 radical (unpaired) electrons. The van der Waals surface area contributed by atoms with E-state index in [1.807, 2.05) is 13.0 Å². The Balaban J connectivity index is 1.81. The van der Waals surface area contributed by atoms with Crippen LogP contribution in [0, 0.1) is 12.7 Å². The highest BCUT2D eigenvalue weighted by molar-refractivity contribution is 5.25. The third kappa shape index (κ3) is 3.79. The summed E-state index contributed by atoms with van der Waals surface area (Å²) in [5, 5.41) is 0. The molecule has 0 amide bonds. The monoisotopic (exact) mass is 251 g/mol. The van der Waals surface area contributed by atoms with Crippen LogP contribution in [0.25, 0.3) is 0 Å². The average Bonchev–Trinajstić information content (AvgIpc) is 2.80. The number of hydrogen-bond donors (Lipinski definition) is 1. The maximum atomic E-state index is 13.3. The molecule has 0 aromatic heterocycles. The fraction of sp³-hybridized carbons (Fsp3) is 0.600. The van der Waals surface area contributed by atoms with Crippen molar-refractivity contribution in [3.63, 3.8) is 0 Å². The molecule has 2 atom stereocenters. The van der Waals surface area contributed by atoms with Gasteiger partial charge in [-0.15, -0.1) is 0 Å². The van der Waals surface area contributed by atoms with Gasteiger partial charge in [0.1, 0.15) is 5.82 Å². The molecule has 2 nitrogen and oxygen atoms in total. The van der Waals surface area contributed by atoms with Crippen LogP contribution in [0.5, 0.6) is 0 Å². The summed E-state index contributed by atoms with van der Waals surface area (Å²) in [7, 11) is 0. The zero-order valence-electron chi connectivity index (χ0n) is 11.0. The maximum Gasteiger partial charge on any atom is 0.123 e. The molecule has 2 unspecified atom stereocenters. The van der Waals surface area contributed by atoms with E-state index in [4.69, 9.17) is 10.5 Å². The van der Waals surface area contributed by atoms with E-state index in [1.165, 1.54) is 18.9 Å². The van der Waals surface area contributed by atoms with Crippen molar-refractivity contribution in [2.45, 2.75) is 51.2 Å². The quantitative estimate of drug-likeness (QED) is 0.869. The summed E-state index contributed by atoms with van der Waals surface area (Å²) >= 11 is 0. The second-order valence-electron chi connectivity index (χ2n) is 5.23. The topological polar surface area (TPSA) is 35.2 Å². The summed E-state index contributed by atoms with van der Waals surface area (Å²) in [6.07, 6.45) is 5.78. The van der Waals surface area contributed by atoms with Gasteiger partial charge in [-0.3, -0.25) is 0 Å². The van der Waals surface area contributed by atoms with E-state index in [-0.39, 0.29) is 11.9 Å². The van der Waals surface area contributed by atoms with Crippen LogP contribution in [0.3, 0.4) is 0 Å². The van der Waals surface area contributed by atoms with Crippen LogP contribution in [-0.4, -0.2) is 12.7 Å². The number of rotatable bonds is 5. The van der Waals surface area contributed by atoms with Gasteiger partial charge >= 0.3 is 0 Å². The average molecular weight is 251 g/mol. The van der Waals surface area contributed by atoms with Gasteiger partial charge in [-0.25, -0.2) is 4.39 Å². The first-order valence-electron chi connectivity index (χ1n) is 6.79. The summed E-state index contributed by atoms with van der Waals surface area (Å²) in [6, 6.07) is 4.98.